The molecule has 56 valence electrons. The standard InChI is InChI=1S/C8H12S2/c1-3-5-7(9)8(10)6-4-2/h3-4,9-10H,1-2,5-6H2. The zero-order chi connectivity index (χ0) is 7.98. The van der Waals surface area contributed by atoms with Crippen molar-refractivity contribution in [3.05, 3.63) is 35.1 Å². The van der Waals surface area contributed by atoms with Gasteiger partial charge < -0.3 is 0 Å². The van der Waals surface area contributed by atoms with Crippen LogP contribution in [0, 0.1) is 0 Å². The molecule has 0 aromatic carbocycles. The third kappa shape index (κ3) is 3.85. The van der Waals surface area contributed by atoms with Gasteiger partial charge in [-0.25, -0.2) is 0 Å². The van der Waals surface area contributed by atoms with E-state index in [-0.39, 0.29) is 0 Å². The van der Waals surface area contributed by atoms with Crippen LogP contribution in [0.5, 0.6) is 0 Å². The van der Waals surface area contributed by atoms with Gasteiger partial charge in [-0.15, -0.1) is 38.4 Å². The number of rotatable bonds is 4. The summed E-state index contributed by atoms with van der Waals surface area (Å²) in [6, 6.07) is 0. The fourth-order valence-electron chi connectivity index (χ4n) is 0.509. The Hall–Kier alpha value is -0.0800. The molecule has 0 atom stereocenters. The van der Waals surface area contributed by atoms with E-state index >= 15 is 0 Å². The molecule has 0 radical (unpaired) electrons. The lowest BCUT2D eigenvalue weighted by Crippen LogP contribution is -1.75. The molecular formula is C8H12S2. The maximum atomic E-state index is 4.22. The van der Waals surface area contributed by atoms with Crippen molar-refractivity contribution < 1.29 is 0 Å². The molecule has 0 aromatic rings. The molecule has 0 heterocycles. The van der Waals surface area contributed by atoms with Crippen LogP contribution in [-0.2, 0) is 0 Å². The summed E-state index contributed by atoms with van der Waals surface area (Å²) in [5, 5.41) is 0. The Bertz CT molecular complexity index is 139. The molecule has 0 aromatic heterocycles. The van der Waals surface area contributed by atoms with Crippen LogP contribution < -0.4 is 0 Å². The molecule has 0 saturated carbocycles. The summed E-state index contributed by atoms with van der Waals surface area (Å²) in [4.78, 5) is 1.94. The fourth-order valence-corrected chi connectivity index (χ4v) is 0.950. The lowest BCUT2D eigenvalue weighted by molar-refractivity contribution is 1.28. The molecular weight excluding hydrogens is 160 g/mol. The Kier molecular flexibility index (Phi) is 5.64. The van der Waals surface area contributed by atoms with Crippen LogP contribution in [0.1, 0.15) is 12.8 Å². The normalized spacial score (nSPS) is 12.2. The highest BCUT2D eigenvalue weighted by atomic mass is 32.1. The summed E-state index contributed by atoms with van der Waals surface area (Å²) in [7, 11) is 0. The van der Waals surface area contributed by atoms with Crippen LogP contribution in [0.2, 0.25) is 0 Å². The summed E-state index contributed by atoms with van der Waals surface area (Å²) in [5.74, 6) is 0. The Balaban J connectivity index is 4.02. The van der Waals surface area contributed by atoms with E-state index < -0.39 is 0 Å². The van der Waals surface area contributed by atoms with E-state index in [1.165, 1.54) is 0 Å². The number of allylic oxidation sites excluding steroid dienone is 4. The molecule has 0 spiro atoms. The summed E-state index contributed by atoms with van der Waals surface area (Å²) >= 11 is 8.45. The van der Waals surface area contributed by atoms with Crippen molar-refractivity contribution in [2.24, 2.45) is 0 Å². The maximum absolute atomic E-state index is 4.22. The summed E-state index contributed by atoms with van der Waals surface area (Å²) in [5.41, 5.74) is 0. The van der Waals surface area contributed by atoms with Crippen LogP contribution in [0.3, 0.4) is 0 Å². The van der Waals surface area contributed by atoms with Gasteiger partial charge in [0, 0.05) is 0 Å². The predicted octanol–water partition coefficient (Wildman–Crippen LogP) is 3.21. The van der Waals surface area contributed by atoms with Crippen molar-refractivity contribution in [1.29, 1.82) is 0 Å². The fraction of sp³-hybridized carbons (Fsp3) is 0.250. The van der Waals surface area contributed by atoms with E-state index in [1.54, 1.807) is 0 Å². The van der Waals surface area contributed by atoms with Crippen LogP contribution in [-0.4, -0.2) is 0 Å². The number of hydrogen-bond acceptors (Lipinski definition) is 2. The van der Waals surface area contributed by atoms with Gasteiger partial charge >= 0.3 is 0 Å². The second-order valence-corrected chi connectivity index (χ2v) is 2.96. The van der Waals surface area contributed by atoms with E-state index in [4.69, 9.17) is 0 Å². The minimum atomic E-state index is 0.787. The molecule has 0 fully saturated rings. The molecule has 0 aliphatic carbocycles. The van der Waals surface area contributed by atoms with E-state index in [0.29, 0.717) is 0 Å². The molecule has 0 rings (SSSR count). The highest BCUT2D eigenvalue weighted by molar-refractivity contribution is 7.88. The summed E-state index contributed by atoms with van der Waals surface area (Å²) in [6.07, 6.45) is 5.19. The van der Waals surface area contributed by atoms with Crippen molar-refractivity contribution in [2.75, 3.05) is 0 Å². The van der Waals surface area contributed by atoms with Gasteiger partial charge in [0.15, 0.2) is 0 Å². The number of thiol groups is 2. The van der Waals surface area contributed by atoms with E-state index in [2.05, 4.69) is 38.4 Å². The van der Waals surface area contributed by atoms with Gasteiger partial charge in [0.05, 0.1) is 0 Å². The molecule has 0 amide bonds. The third-order valence-corrected chi connectivity index (χ3v) is 2.09. The molecule has 0 N–H and O–H groups in total. The maximum Gasteiger partial charge on any atom is -0.00346 e. The molecule has 10 heavy (non-hydrogen) atoms. The van der Waals surface area contributed by atoms with Crippen LogP contribution >= 0.6 is 25.3 Å². The van der Waals surface area contributed by atoms with Gasteiger partial charge in [-0.1, -0.05) is 12.2 Å². The SMILES string of the molecule is C=CCC(S)=C(S)CC=C. The average Bonchev–Trinajstić information content (AvgIpc) is 1.89. The second kappa shape index (κ2) is 5.69. The van der Waals surface area contributed by atoms with Crippen LogP contribution in [0.15, 0.2) is 35.1 Å². The monoisotopic (exact) mass is 172 g/mol. The second-order valence-electron chi connectivity index (χ2n) is 1.88. The van der Waals surface area contributed by atoms with Crippen molar-refractivity contribution in [2.45, 2.75) is 12.8 Å². The third-order valence-electron chi connectivity index (χ3n) is 1.01. The quantitative estimate of drug-likeness (QED) is 0.472. The van der Waals surface area contributed by atoms with Gasteiger partial charge in [0.2, 0.25) is 0 Å². The zero-order valence-corrected chi connectivity index (χ0v) is 7.67. The van der Waals surface area contributed by atoms with Crippen LogP contribution in [0.25, 0.3) is 0 Å². The van der Waals surface area contributed by atoms with Crippen molar-refractivity contribution in [1.82, 2.24) is 0 Å². The first-order chi connectivity index (χ1) is 4.72. The van der Waals surface area contributed by atoms with E-state index in [9.17, 15) is 0 Å². The van der Waals surface area contributed by atoms with Gasteiger partial charge in [-0.2, -0.15) is 0 Å². The summed E-state index contributed by atoms with van der Waals surface area (Å²) < 4.78 is 0. The first kappa shape index (κ1) is 9.92. The molecule has 0 nitrogen and oxygen atoms in total. The topological polar surface area (TPSA) is 0 Å². The lowest BCUT2D eigenvalue weighted by atomic mass is 10.3. The zero-order valence-electron chi connectivity index (χ0n) is 5.88. The van der Waals surface area contributed by atoms with Crippen molar-refractivity contribution in [3.8, 4) is 0 Å². The van der Waals surface area contributed by atoms with Crippen molar-refractivity contribution >= 4 is 25.3 Å². The van der Waals surface area contributed by atoms with E-state index in [0.717, 1.165) is 22.7 Å². The molecule has 0 saturated heterocycles. The molecule has 0 aliphatic rings. The average molecular weight is 172 g/mol. The lowest BCUT2D eigenvalue weighted by Gasteiger charge is -1.98. The highest BCUT2D eigenvalue weighted by Crippen LogP contribution is 2.19. The minimum absolute atomic E-state index is 0.787. The van der Waals surface area contributed by atoms with Gasteiger partial charge in [0.25, 0.3) is 0 Å². The molecule has 0 bridgehead atoms. The van der Waals surface area contributed by atoms with Gasteiger partial charge in [-0.3, -0.25) is 0 Å². The Morgan fingerprint density at radius 2 is 1.30 bits per heavy atom. The predicted molar refractivity (Wildman–Crippen MR) is 54.6 cm³/mol. The Morgan fingerprint density at radius 3 is 1.50 bits per heavy atom. The molecule has 0 aliphatic heterocycles. The van der Waals surface area contributed by atoms with E-state index in [1.807, 2.05) is 12.2 Å². The first-order valence-electron chi connectivity index (χ1n) is 3.04. The van der Waals surface area contributed by atoms with Crippen molar-refractivity contribution in [3.63, 3.8) is 0 Å². The van der Waals surface area contributed by atoms with Gasteiger partial charge in [0.1, 0.15) is 0 Å². The number of hydrogen-bond donors (Lipinski definition) is 2. The largest absolute Gasteiger partial charge is 0.147 e. The Morgan fingerprint density at radius 1 is 1.00 bits per heavy atom. The molecule has 2 heteroatoms. The molecule has 0 unspecified atom stereocenters. The van der Waals surface area contributed by atoms with Crippen LogP contribution in [0.4, 0.5) is 0 Å². The van der Waals surface area contributed by atoms with Gasteiger partial charge in [-0.05, 0) is 22.7 Å². The highest BCUT2D eigenvalue weighted by Gasteiger charge is 1.93. The Labute approximate surface area is 73.5 Å². The smallest absolute Gasteiger partial charge is 0.00346 e. The summed E-state index contributed by atoms with van der Waals surface area (Å²) in [6.45, 7) is 7.20. The minimum Gasteiger partial charge on any atom is -0.147 e. The first-order valence-corrected chi connectivity index (χ1v) is 3.93.